The lowest BCUT2D eigenvalue weighted by molar-refractivity contribution is -0.384. The number of hydrogen-bond donors (Lipinski definition) is 1. The molecule has 0 aromatic heterocycles. The number of carbonyl (C=O) groups excluding carboxylic acids is 2. The number of amides is 2. The van der Waals surface area contributed by atoms with Crippen LogP contribution in [0.25, 0.3) is 0 Å². The number of aryl methyl sites for hydroxylation is 1. The van der Waals surface area contributed by atoms with Crippen molar-refractivity contribution in [3.05, 3.63) is 57.6 Å². The van der Waals surface area contributed by atoms with Gasteiger partial charge in [0.05, 0.1) is 10.6 Å². The summed E-state index contributed by atoms with van der Waals surface area (Å²) in [7, 11) is 0. The van der Waals surface area contributed by atoms with Gasteiger partial charge >= 0.3 is 0 Å². The lowest BCUT2D eigenvalue weighted by atomic mass is 10.0. The molecule has 2 heterocycles. The van der Waals surface area contributed by atoms with Crippen LogP contribution >= 0.6 is 0 Å². The zero-order valence-electron chi connectivity index (χ0n) is 14.4. The fraction of sp³-hybridized carbons (Fsp3) is 0.263. The Kier molecular flexibility index (Phi) is 4.23. The lowest BCUT2D eigenvalue weighted by Crippen LogP contribution is -2.33. The summed E-state index contributed by atoms with van der Waals surface area (Å²) in [6.07, 6.45) is 1.73. The van der Waals surface area contributed by atoms with E-state index in [9.17, 15) is 19.7 Å². The number of non-ortho nitro benzene ring substituents is 1. The zero-order valence-corrected chi connectivity index (χ0v) is 14.4. The van der Waals surface area contributed by atoms with Crippen molar-refractivity contribution >= 4 is 28.9 Å². The summed E-state index contributed by atoms with van der Waals surface area (Å²) in [5.74, 6) is 0.296. The van der Waals surface area contributed by atoms with E-state index in [0.717, 1.165) is 16.8 Å². The molecule has 0 atom stereocenters. The molecular weight excluding hydrogens is 350 g/mol. The number of rotatable bonds is 4. The number of anilines is 2. The van der Waals surface area contributed by atoms with Crippen LogP contribution in [-0.2, 0) is 22.4 Å². The Hall–Kier alpha value is -3.42. The molecule has 8 heteroatoms. The molecule has 138 valence electrons. The van der Waals surface area contributed by atoms with Gasteiger partial charge in [-0.2, -0.15) is 0 Å². The Labute approximate surface area is 154 Å². The summed E-state index contributed by atoms with van der Waals surface area (Å²) in [5.41, 5.74) is 3.20. The number of nitrogens with zero attached hydrogens (tertiary/aromatic N) is 2. The first kappa shape index (κ1) is 17.0. The van der Waals surface area contributed by atoms with Gasteiger partial charge < -0.3 is 15.0 Å². The second-order valence-electron chi connectivity index (χ2n) is 6.52. The second-order valence-corrected chi connectivity index (χ2v) is 6.52. The standard InChI is InChI=1S/C19H17N3O5/c23-18-6-2-13-9-15(4-5-16(13)20-18)27-11-19(24)21-8-7-12-1-3-14(22(25)26)10-17(12)21/h1,3-5,9-10H,2,6-8,11H2,(H,20,23). The van der Waals surface area contributed by atoms with Gasteiger partial charge in [0.2, 0.25) is 5.91 Å². The number of nitro benzene ring substituents is 1. The molecule has 0 saturated heterocycles. The van der Waals surface area contributed by atoms with Gasteiger partial charge in [-0.05, 0) is 42.2 Å². The highest BCUT2D eigenvalue weighted by atomic mass is 16.6. The SMILES string of the molecule is O=C1CCc2cc(OCC(=O)N3CCc4ccc([N+](=O)[O-])cc43)ccc2N1. The predicted molar refractivity (Wildman–Crippen MR) is 98.0 cm³/mol. The number of nitro groups is 1. The summed E-state index contributed by atoms with van der Waals surface area (Å²) in [6, 6.07) is 9.88. The molecule has 0 bridgehead atoms. The van der Waals surface area contributed by atoms with Crippen LogP contribution in [0.5, 0.6) is 5.75 Å². The van der Waals surface area contributed by atoms with Gasteiger partial charge in [-0.15, -0.1) is 0 Å². The number of hydrogen-bond acceptors (Lipinski definition) is 5. The Morgan fingerprint density at radius 1 is 1.15 bits per heavy atom. The van der Waals surface area contributed by atoms with Gasteiger partial charge in [0.25, 0.3) is 11.6 Å². The minimum atomic E-state index is -0.469. The first-order chi connectivity index (χ1) is 13.0. The van der Waals surface area contributed by atoms with Gasteiger partial charge in [0.15, 0.2) is 6.61 Å². The predicted octanol–water partition coefficient (Wildman–Crippen LogP) is 2.45. The van der Waals surface area contributed by atoms with Gasteiger partial charge in [-0.25, -0.2) is 0 Å². The summed E-state index contributed by atoms with van der Waals surface area (Å²) in [4.78, 5) is 36.0. The minimum absolute atomic E-state index is 0.00635. The van der Waals surface area contributed by atoms with Crippen LogP contribution in [0.3, 0.4) is 0 Å². The highest BCUT2D eigenvalue weighted by molar-refractivity contribution is 5.97. The highest BCUT2D eigenvalue weighted by Gasteiger charge is 2.27. The van der Waals surface area contributed by atoms with E-state index in [1.54, 1.807) is 18.2 Å². The molecule has 27 heavy (non-hydrogen) atoms. The van der Waals surface area contributed by atoms with Crippen LogP contribution in [0.1, 0.15) is 17.5 Å². The van der Waals surface area contributed by atoms with Crippen molar-refractivity contribution in [3.8, 4) is 5.75 Å². The average Bonchev–Trinajstić information content (AvgIpc) is 3.09. The summed E-state index contributed by atoms with van der Waals surface area (Å²) in [5, 5.41) is 13.8. The molecule has 0 radical (unpaired) electrons. The van der Waals surface area contributed by atoms with E-state index in [2.05, 4.69) is 5.32 Å². The van der Waals surface area contributed by atoms with Crippen LogP contribution in [0, 0.1) is 10.1 Å². The Balaban J connectivity index is 1.45. The van der Waals surface area contributed by atoms with Crippen molar-refractivity contribution in [2.45, 2.75) is 19.3 Å². The van der Waals surface area contributed by atoms with Crippen LogP contribution < -0.4 is 15.0 Å². The molecule has 1 N–H and O–H groups in total. The van der Waals surface area contributed by atoms with Crippen molar-refractivity contribution in [1.82, 2.24) is 0 Å². The van der Waals surface area contributed by atoms with E-state index in [1.165, 1.54) is 17.0 Å². The summed E-state index contributed by atoms with van der Waals surface area (Å²) in [6.45, 7) is 0.322. The van der Waals surface area contributed by atoms with E-state index in [4.69, 9.17) is 4.74 Å². The molecule has 2 amide bonds. The fourth-order valence-corrected chi connectivity index (χ4v) is 3.41. The van der Waals surface area contributed by atoms with Gasteiger partial charge in [0, 0.05) is 30.8 Å². The van der Waals surface area contributed by atoms with E-state index < -0.39 is 4.92 Å². The molecule has 0 unspecified atom stereocenters. The molecule has 0 saturated carbocycles. The molecule has 8 nitrogen and oxygen atoms in total. The smallest absolute Gasteiger partial charge is 0.271 e. The van der Waals surface area contributed by atoms with E-state index in [0.29, 0.717) is 37.2 Å². The van der Waals surface area contributed by atoms with Crippen molar-refractivity contribution in [2.75, 3.05) is 23.4 Å². The lowest BCUT2D eigenvalue weighted by Gasteiger charge is -2.19. The number of carbonyl (C=O) groups is 2. The zero-order chi connectivity index (χ0) is 19.0. The first-order valence-corrected chi connectivity index (χ1v) is 8.64. The third-order valence-corrected chi connectivity index (χ3v) is 4.81. The molecular formula is C19H17N3O5. The maximum atomic E-state index is 12.6. The molecule has 4 rings (SSSR count). The van der Waals surface area contributed by atoms with Crippen LogP contribution in [0.2, 0.25) is 0 Å². The number of ether oxygens (including phenoxy) is 1. The maximum absolute atomic E-state index is 12.6. The minimum Gasteiger partial charge on any atom is -0.484 e. The van der Waals surface area contributed by atoms with Gasteiger partial charge in [-0.3, -0.25) is 19.7 Å². The quantitative estimate of drug-likeness (QED) is 0.661. The monoisotopic (exact) mass is 367 g/mol. The maximum Gasteiger partial charge on any atom is 0.271 e. The first-order valence-electron chi connectivity index (χ1n) is 8.64. The molecule has 2 aromatic rings. The van der Waals surface area contributed by atoms with Crippen molar-refractivity contribution < 1.29 is 19.2 Å². The second kappa shape index (κ2) is 6.71. The molecule has 2 aromatic carbocycles. The van der Waals surface area contributed by atoms with E-state index in [1.807, 2.05) is 6.07 Å². The van der Waals surface area contributed by atoms with Crippen molar-refractivity contribution in [2.24, 2.45) is 0 Å². The average molecular weight is 367 g/mol. The molecule has 0 fully saturated rings. The number of fused-ring (bicyclic) bond motifs is 2. The Morgan fingerprint density at radius 2 is 2.00 bits per heavy atom. The third kappa shape index (κ3) is 3.33. The third-order valence-electron chi connectivity index (χ3n) is 4.81. The molecule has 2 aliphatic heterocycles. The fourth-order valence-electron chi connectivity index (χ4n) is 3.41. The Bertz CT molecular complexity index is 956. The van der Waals surface area contributed by atoms with Crippen LogP contribution in [0.4, 0.5) is 17.1 Å². The molecule has 0 aliphatic carbocycles. The topological polar surface area (TPSA) is 102 Å². The molecule has 2 aliphatic rings. The van der Waals surface area contributed by atoms with E-state index in [-0.39, 0.29) is 24.1 Å². The summed E-state index contributed by atoms with van der Waals surface area (Å²) < 4.78 is 5.63. The number of benzene rings is 2. The van der Waals surface area contributed by atoms with E-state index >= 15 is 0 Å². The summed E-state index contributed by atoms with van der Waals surface area (Å²) >= 11 is 0. The Morgan fingerprint density at radius 3 is 2.81 bits per heavy atom. The molecule has 0 spiro atoms. The highest BCUT2D eigenvalue weighted by Crippen LogP contribution is 2.32. The van der Waals surface area contributed by atoms with Gasteiger partial charge in [0.1, 0.15) is 5.75 Å². The van der Waals surface area contributed by atoms with Crippen molar-refractivity contribution in [1.29, 1.82) is 0 Å². The normalized spacial score (nSPS) is 15.0. The van der Waals surface area contributed by atoms with Crippen LogP contribution in [0.15, 0.2) is 36.4 Å². The van der Waals surface area contributed by atoms with Gasteiger partial charge in [-0.1, -0.05) is 6.07 Å². The largest absolute Gasteiger partial charge is 0.484 e. The number of nitrogens with one attached hydrogen (secondary N) is 1. The van der Waals surface area contributed by atoms with Crippen molar-refractivity contribution in [3.63, 3.8) is 0 Å². The van der Waals surface area contributed by atoms with Crippen LogP contribution in [-0.4, -0.2) is 29.9 Å².